The minimum atomic E-state index is 0.572. The minimum Gasteiger partial charge on any atom is -0.317 e. The first kappa shape index (κ1) is 11.8. The van der Waals surface area contributed by atoms with E-state index < -0.39 is 0 Å². The second kappa shape index (κ2) is 5.12. The molecule has 1 aliphatic rings. The number of rotatable bonds is 2. The Morgan fingerprint density at radius 1 is 1.22 bits per heavy atom. The van der Waals surface area contributed by atoms with Gasteiger partial charge in [-0.15, -0.1) is 0 Å². The van der Waals surface area contributed by atoms with Gasteiger partial charge in [0.2, 0.25) is 0 Å². The molecule has 0 saturated carbocycles. The summed E-state index contributed by atoms with van der Waals surface area (Å²) in [6.45, 7) is 2.16. The van der Waals surface area contributed by atoms with E-state index in [2.05, 4.69) is 21.6 Å². The lowest BCUT2D eigenvalue weighted by Crippen LogP contribution is -2.27. The van der Waals surface area contributed by atoms with Gasteiger partial charge in [-0.3, -0.25) is 5.10 Å². The molecule has 1 aliphatic heterocycles. The highest BCUT2D eigenvalue weighted by molar-refractivity contribution is 6.30. The lowest BCUT2D eigenvalue weighted by atomic mass is 9.90. The van der Waals surface area contributed by atoms with E-state index in [9.17, 15) is 0 Å². The van der Waals surface area contributed by atoms with Crippen molar-refractivity contribution in [3.05, 3.63) is 41.2 Å². The van der Waals surface area contributed by atoms with Crippen molar-refractivity contribution in [1.82, 2.24) is 15.5 Å². The summed E-state index contributed by atoms with van der Waals surface area (Å²) in [4.78, 5) is 0. The Labute approximate surface area is 112 Å². The number of nitrogens with one attached hydrogen (secondary N) is 2. The Morgan fingerprint density at radius 3 is 2.83 bits per heavy atom. The Hall–Kier alpha value is -1.32. The van der Waals surface area contributed by atoms with Crippen LogP contribution in [0.5, 0.6) is 0 Å². The molecular weight excluding hydrogens is 246 g/mol. The van der Waals surface area contributed by atoms with Crippen molar-refractivity contribution in [3.63, 3.8) is 0 Å². The largest absolute Gasteiger partial charge is 0.317 e. The molecule has 1 aromatic carbocycles. The smallest absolute Gasteiger partial charge is 0.0568 e. The average Bonchev–Trinajstić information content (AvgIpc) is 2.89. The molecule has 0 amide bonds. The summed E-state index contributed by atoms with van der Waals surface area (Å²) in [5, 5.41) is 11.5. The summed E-state index contributed by atoms with van der Waals surface area (Å²) in [6.07, 6.45) is 4.23. The van der Waals surface area contributed by atoms with Crippen LogP contribution in [0.15, 0.2) is 30.5 Å². The molecular formula is C14H16ClN3. The van der Waals surface area contributed by atoms with Gasteiger partial charge in [-0.1, -0.05) is 23.7 Å². The van der Waals surface area contributed by atoms with Gasteiger partial charge in [0.1, 0.15) is 0 Å². The maximum Gasteiger partial charge on any atom is 0.0568 e. The highest BCUT2D eigenvalue weighted by Gasteiger charge is 2.20. The van der Waals surface area contributed by atoms with Crippen LogP contribution in [0.2, 0.25) is 5.02 Å². The van der Waals surface area contributed by atoms with Crippen LogP contribution in [0.25, 0.3) is 11.1 Å². The first-order valence-electron chi connectivity index (χ1n) is 6.34. The van der Waals surface area contributed by atoms with Crippen LogP contribution in [-0.2, 0) is 0 Å². The molecule has 0 aliphatic carbocycles. The number of nitrogens with zero attached hydrogens (tertiary/aromatic N) is 1. The van der Waals surface area contributed by atoms with Crippen LogP contribution < -0.4 is 5.32 Å². The summed E-state index contributed by atoms with van der Waals surface area (Å²) in [5.74, 6) is 0.572. The maximum absolute atomic E-state index is 6.06. The van der Waals surface area contributed by atoms with Gasteiger partial charge in [0.15, 0.2) is 0 Å². The first-order valence-corrected chi connectivity index (χ1v) is 6.72. The lowest BCUT2D eigenvalue weighted by molar-refractivity contribution is 0.453. The lowest BCUT2D eigenvalue weighted by Gasteiger charge is -2.22. The Bertz CT molecular complexity index is 529. The van der Waals surface area contributed by atoms with Crippen molar-refractivity contribution in [1.29, 1.82) is 0 Å². The molecule has 2 aromatic rings. The van der Waals surface area contributed by atoms with E-state index in [0.29, 0.717) is 5.92 Å². The van der Waals surface area contributed by atoms with E-state index in [4.69, 9.17) is 11.6 Å². The first-order chi connectivity index (χ1) is 8.84. The molecule has 0 unspecified atom stereocenters. The fourth-order valence-electron chi connectivity index (χ4n) is 2.60. The normalized spacial score (nSPS) is 16.9. The van der Waals surface area contributed by atoms with Gasteiger partial charge in [0.05, 0.1) is 6.20 Å². The minimum absolute atomic E-state index is 0.572. The topological polar surface area (TPSA) is 40.7 Å². The van der Waals surface area contributed by atoms with Crippen molar-refractivity contribution < 1.29 is 0 Å². The van der Waals surface area contributed by atoms with Crippen LogP contribution in [0, 0.1) is 0 Å². The molecule has 3 rings (SSSR count). The van der Waals surface area contributed by atoms with Crippen LogP contribution >= 0.6 is 11.6 Å². The van der Waals surface area contributed by atoms with Crippen LogP contribution in [0.4, 0.5) is 0 Å². The third-order valence-electron chi connectivity index (χ3n) is 3.55. The molecule has 2 heterocycles. The monoisotopic (exact) mass is 261 g/mol. The van der Waals surface area contributed by atoms with Crippen molar-refractivity contribution in [2.45, 2.75) is 18.8 Å². The molecule has 4 heteroatoms. The molecule has 3 nitrogen and oxygen atoms in total. The predicted molar refractivity (Wildman–Crippen MR) is 73.9 cm³/mol. The fraction of sp³-hybridized carbons (Fsp3) is 0.357. The maximum atomic E-state index is 6.06. The Balaban J connectivity index is 1.95. The summed E-state index contributed by atoms with van der Waals surface area (Å²) in [6, 6.07) is 7.96. The van der Waals surface area contributed by atoms with Gasteiger partial charge in [-0.05, 0) is 43.6 Å². The summed E-state index contributed by atoms with van der Waals surface area (Å²) in [5.41, 5.74) is 3.58. The second-order valence-corrected chi connectivity index (χ2v) is 5.17. The zero-order valence-corrected chi connectivity index (χ0v) is 10.9. The van der Waals surface area contributed by atoms with Gasteiger partial charge < -0.3 is 5.32 Å². The van der Waals surface area contributed by atoms with Gasteiger partial charge in [0.25, 0.3) is 0 Å². The van der Waals surface area contributed by atoms with Gasteiger partial charge in [0, 0.05) is 22.2 Å². The predicted octanol–water partition coefficient (Wildman–Crippen LogP) is 3.20. The Morgan fingerprint density at radius 2 is 2.06 bits per heavy atom. The third kappa shape index (κ3) is 2.28. The molecule has 2 N–H and O–H groups in total. The van der Waals surface area contributed by atoms with Crippen LogP contribution in [0.3, 0.4) is 0 Å². The molecule has 0 bridgehead atoms. The van der Waals surface area contributed by atoms with Crippen molar-refractivity contribution in [3.8, 4) is 11.1 Å². The molecule has 0 radical (unpaired) electrons. The molecule has 94 valence electrons. The summed E-state index contributed by atoms with van der Waals surface area (Å²) >= 11 is 6.06. The molecule has 0 atom stereocenters. The SMILES string of the molecule is Clc1cccc(-c2cn[nH]c2C2CCNCC2)c1. The highest BCUT2D eigenvalue weighted by atomic mass is 35.5. The number of aromatic nitrogens is 2. The third-order valence-corrected chi connectivity index (χ3v) is 3.79. The number of piperidine rings is 1. The van der Waals surface area contributed by atoms with E-state index in [1.165, 1.54) is 11.3 Å². The molecule has 18 heavy (non-hydrogen) atoms. The van der Waals surface area contributed by atoms with E-state index in [-0.39, 0.29) is 0 Å². The molecule has 1 aromatic heterocycles. The number of benzene rings is 1. The van der Waals surface area contributed by atoms with Gasteiger partial charge in [-0.25, -0.2) is 0 Å². The Kier molecular flexibility index (Phi) is 3.35. The highest BCUT2D eigenvalue weighted by Crippen LogP contribution is 2.33. The van der Waals surface area contributed by atoms with Crippen molar-refractivity contribution in [2.75, 3.05) is 13.1 Å². The van der Waals surface area contributed by atoms with E-state index in [1.807, 2.05) is 24.4 Å². The summed E-state index contributed by atoms with van der Waals surface area (Å²) in [7, 11) is 0. The second-order valence-electron chi connectivity index (χ2n) is 4.73. The van der Waals surface area contributed by atoms with E-state index >= 15 is 0 Å². The number of halogens is 1. The van der Waals surface area contributed by atoms with Crippen LogP contribution in [0.1, 0.15) is 24.5 Å². The van der Waals surface area contributed by atoms with Crippen LogP contribution in [-0.4, -0.2) is 23.3 Å². The van der Waals surface area contributed by atoms with Gasteiger partial charge >= 0.3 is 0 Å². The molecule has 1 fully saturated rings. The number of aromatic amines is 1. The standard InChI is InChI=1S/C14H16ClN3/c15-12-3-1-2-11(8-12)13-9-17-18-14(13)10-4-6-16-7-5-10/h1-3,8-10,16H,4-7H2,(H,17,18). The summed E-state index contributed by atoms with van der Waals surface area (Å²) < 4.78 is 0. The zero-order chi connectivity index (χ0) is 12.4. The number of hydrogen-bond acceptors (Lipinski definition) is 2. The average molecular weight is 262 g/mol. The van der Waals surface area contributed by atoms with Crippen molar-refractivity contribution >= 4 is 11.6 Å². The molecule has 1 saturated heterocycles. The van der Waals surface area contributed by atoms with Crippen molar-refractivity contribution in [2.24, 2.45) is 0 Å². The van der Waals surface area contributed by atoms with Gasteiger partial charge in [-0.2, -0.15) is 5.10 Å². The zero-order valence-electron chi connectivity index (χ0n) is 10.1. The quantitative estimate of drug-likeness (QED) is 0.872. The number of H-pyrrole nitrogens is 1. The van der Waals surface area contributed by atoms with E-state index in [1.54, 1.807) is 0 Å². The number of hydrogen-bond donors (Lipinski definition) is 2. The fourth-order valence-corrected chi connectivity index (χ4v) is 2.79. The van der Waals surface area contributed by atoms with E-state index in [0.717, 1.165) is 36.5 Å². The molecule has 0 spiro atoms.